The Morgan fingerprint density at radius 1 is 1.13 bits per heavy atom. The lowest BCUT2D eigenvalue weighted by Crippen LogP contribution is -2.53. The number of guanidine groups is 1. The van der Waals surface area contributed by atoms with E-state index in [1.165, 1.54) is 58.4 Å². The Morgan fingerprint density at radius 2 is 1.83 bits per heavy atom. The molecule has 0 aromatic heterocycles. The van der Waals surface area contributed by atoms with Crippen molar-refractivity contribution >= 4 is 5.96 Å². The number of piperazine rings is 1. The maximum Gasteiger partial charge on any atom is 0.191 e. The first kappa shape index (κ1) is 18.5. The molecule has 23 heavy (non-hydrogen) atoms. The third kappa shape index (κ3) is 5.08. The Hall–Kier alpha value is -0.810. The topological polar surface area (TPSA) is 42.9 Å². The Kier molecular flexibility index (Phi) is 7.15. The summed E-state index contributed by atoms with van der Waals surface area (Å²) in [6.07, 6.45) is 5.40. The highest BCUT2D eigenvalue weighted by molar-refractivity contribution is 5.79. The summed E-state index contributed by atoms with van der Waals surface area (Å²) >= 11 is 0. The van der Waals surface area contributed by atoms with Crippen LogP contribution < -0.4 is 10.6 Å². The second-order valence-corrected chi connectivity index (χ2v) is 7.33. The molecule has 2 N–H and O–H groups in total. The van der Waals surface area contributed by atoms with Crippen molar-refractivity contribution in [1.82, 2.24) is 20.4 Å². The summed E-state index contributed by atoms with van der Waals surface area (Å²) < 4.78 is 0. The van der Waals surface area contributed by atoms with Gasteiger partial charge in [0.2, 0.25) is 0 Å². The van der Waals surface area contributed by atoms with Crippen LogP contribution in [0.25, 0.3) is 0 Å². The van der Waals surface area contributed by atoms with E-state index in [1.54, 1.807) is 0 Å². The average molecular weight is 324 g/mol. The van der Waals surface area contributed by atoms with Gasteiger partial charge < -0.3 is 15.5 Å². The number of likely N-dealkylation sites (N-methyl/N-ethyl adjacent to an activating group) is 1. The molecular weight excluding hydrogens is 286 g/mol. The standard InChI is InChI=1S/C18H37N5/c1-5-18(8-7-9-18)15-21-17(19-4)20-14-16(3)23-12-10-22(6-2)11-13-23/h16H,5-15H2,1-4H3,(H2,19,20,21). The molecule has 0 radical (unpaired) electrons. The molecule has 0 aromatic rings. The van der Waals surface area contributed by atoms with E-state index >= 15 is 0 Å². The molecule has 2 fully saturated rings. The van der Waals surface area contributed by atoms with Crippen LogP contribution in [0.5, 0.6) is 0 Å². The summed E-state index contributed by atoms with van der Waals surface area (Å²) in [5.41, 5.74) is 0.527. The van der Waals surface area contributed by atoms with Crippen molar-refractivity contribution in [3.8, 4) is 0 Å². The predicted molar refractivity (Wildman–Crippen MR) is 99.1 cm³/mol. The monoisotopic (exact) mass is 323 g/mol. The molecule has 0 aromatic carbocycles. The van der Waals surface area contributed by atoms with E-state index in [-0.39, 0.29) is 0 Å². The molecule has 5 nitrogen and oxygen atoms in total. The number of nitrogens with one attached hydrogen (secondary N) is 2. The van der Waals surface area contributed by atoms with Crippen LogP contribution in [0.3, 0.4) is 0 Å². The highest BCUT2D eigenvalue weighted by atomic mass is 15.3. The third-order valence-corrected chi connectivity index (χ3v) is 6.06. The van der Waals surface area contributed by atoms with Gasteiger partial charge in [0.1, 0.15) is 0 Å². The zero-order valence-electron chi connectivity index (χ0n) is 15.7. The van der Waals surface area contributed by atoms with Gasteiger partial charge in [0.05, 0.1) is 0 Å². The molecule has 1 aliphatic carbocycles. The van der Waals surface area contributed by atoms with Crippen LogP contribution >= 0.6 is 0 Å². The number of hydrogen-bond acceptors (Lipinski definition) is 3. The van der Waals surface area contributed by atoms with Crippen molar-refractivity contribution in [3.63, 3.8) is 0 Å². The van der Waals surface area contributed by atoms with Gasteiger partial charge in [-0.25, -0.2) is 0 Å². The SMILES string of the molecule is CCN1CCN(C(C)CNC(=NC)NCC2(CC)CCC2)CC1. The zero-order valence-corrected chi connectivity index (χ0v) is 15.7. The van der Waals surface area contributed by atoms with E-state index in [9.17, 15) is 0 Å². The minimum Gasteiger partial charge on any atom is -0.356 e. The summed E-state index contributed by atoms with van der Waals surface area (Å²) in [5, 5.41) is 7.07. The van der Waals surface area contributed by atoms with Crippen molar-refractivity contribution < 1.29 is 0 Å². The second kappa shape index (κ2) is 8.88. The molecule has 1 heterocycles. The summed E-state index contributed by atoms with van der Waals surface area (Å²) in [6, 6.07) is 0.552. The lowest BCUT2D eigenvalue weighted by molar-refractivity contribution is 0.107. The molecule has 2 rings (SSSR count). The van der Waals surface area contributed by atoms with Gasteiger partial charge in [0, 0.05) is 52.4 Å². The third-order valence-electron chi connectivity index (χ3n) is 6.06. The van der Waals surface area contributed by atoms with Crippen LogP contribution in [0.2, 0.25) is 0 Å². The fourth-order valence-corrected chi connectivity index (χ4v) is 3.72. The van der Waals surface area contributed by atoms with Crippen LogP contribution in [0.4, 0.5) is 0 Å². The van der Waals surface area contributed by atoms with Gasteiger partial charge in [-0.1, -0.05) is 20.3 Å². The van der Waals surface area contributed by atoms with Gasteiger partial charge >= 0.3 is 0 Å². The molecular formula is C18H37N5. The van der Waals surface area contributed by atoms with E-state index in [0.29, 0.717) is 11.5 Å². The van der Waals surface area contributed by atoms with Gasteiger partial charge in [0.25, 0.3) is 0 Å². The molecule has 0 spiro atoms. The summed E-state index contributed by atoms with van der Waals surface area (Å²) in [7, 11) is 1.87. The Bertz CT molecular complexity index is 364. The summed E-state index contributed by atoms with van der Waals surface area (Å²) in [5.74, 6) is 0.962. The quantitative estimate of drug-likeness (QED) is 0.553. The smallest absolute Gasteiger partial charge is 0.191 e. The van der Waals surface area contributed by atoms with Crippen LogP contribution in [0.1, 0.15) is 46.5 Å². The van der Waals surface area contributed by atoms with Gasteiger partial charge in [-0.15, -0.1) is 0 Å². The van der Waals surface area contributed by atoms with Gasteiger partial charge in [-0.05, 0) is 38.1 Å². The van der Waals surface area contributed by atoms with Crippen molar-refractivity contribution in [2.45, 2.75) is 52.5 Å². The maximum absolute atomic E-state index is 4.39. The molecule has 2 aliphatic rings. The van der Waals surface area contributed by atoms with Crippen molar-refractivity contribution in [3.05, 3.63) is 0 Å². The first-order valence-corrected chi connectivity index (χ1v) is 9.53. The molecule has 1 saturated heterocycles. The second-order valence-electron chi connectivity index (χ2n) is 7.33. The lowest BCUT2D eigenvalue weighted by atomic mass is 9.67. The molecule has 0 bridgehead atoms. The Balaban J connectivity index is 1.68. The van der Waals surface area contributed by atoms with E-state index in [2.05, 4.69) is 46.2 Å². The molecule has 1 unspecified atom stereocenters. The maximum atomic E-state index is 4.39. The fourth-order valence-electron chi connectivity index (χ4n) is 3.72. The number of hydrogen-bond donors (Lipinski definition) is 2. The molecule has 1 aliphatic heterocycles. The van der Waals surface area contributed by atoms with Crippen LogP contribution in [-0.2, 0) is 0 Å². The highest BCUT2D eigenvalue weighted by Crippen LogP contribution is 2.42. The first-order chi connectivity index (χ1) is 11.1. The lowest BCUT2D eigenvalue weighted by Gasteiger charge is -2.42. The van der Waals surface area contributed by atoms with E-state index in [1.807, 2.05) is 7.05 Å². The number of rotatable bonds is 7. The molecule has 0 amide bonds. The van der Waals surface area contributed by atoms with Crippen LogP contribution in [0, 0.1) is 5.41 Å². The number of aliphatic imine (C=N–C) groups is 1. The van der Waals surface area contributed by atoms with Gasteiger partial charge in [0.15, 0.2) is 5.96 Å². The molecule has 1 saturated carbocycles. The average Bonchev–Trinajstić information content (AvgIpc) is 2.56. The Labute approximate surface area is 142 Å². The number of nitrogens with zero attached hydrogens (tertiary/aromatic N) is 3. The van der Waals surface area contributed by atoms with E-state index < -0.39 is 0 Å². The highest BCUT2D eigenvalue weighted by Gasteiger charge is 2.34. The molecule has 134 valence electrons. The normalized spacial score (nSPS) is 24.1. The fraction of sp³-hybridized carbons (Fsp3) is 0.944. The van der Waals surface area contributed by atoms with Crippen LogP contribution in [0.15, 0.2) is 4.99 Å². The van der Waals surface area contributed by atoms with Crippen molar-refractivity contribution in [2.75, 3.05) is 52.9 Å². The van der Waals surface area contributed by atoms with E-state index in [4.69, 9.17) is 0 Å². The predicted octanol–water partition coefficient (Wildman–Crippen LogP) is 1.76. The van der Waals surface area contributed by atoms with Gasteiger partial charge in [-0.3, -0.25) is 9.89 Å². The van der Waals surface area contributed by atoms with Crippen molar-refractivity contribution in [2.24, 2.45) is 10.4 Å². The minimum absolute atomic E-state index is 0.527. The molecule has 5 heteroatoms. The van der Waals surface area contributed by atoms with E-state index in [0.717, 1.165) is 19.0 Å². The largest absolute Gasteiger partial charge is 0.356 e. The van der Waals surface area contributed by atoms with Crippen molar-refractivity contribution in [1.29, 1.82) is 0 Å². The summed E-state index contributed by atoms with van der Waals surface area (Å²) in [6.45, 7) is 14.9. The first-order valence-electron chi connectivity index (χ1n) is 9.53. The van der Waals surface area contributed by atoms with Gasteiger partial charge in [-0.2, -0.15) is 0 Å². The summed E-state index contributed by atoms with van der Waals surface area (Å²) in [4.78, 5) is 9.51. The zero-order chi connectivity index (χ0) is 16.7. The minimum atomic E-state index is 0.527. The van der Waals surface area contributed by atoms with Crippen LogP contribution in [-0.4, -0.2) is 74.7 Å². The Morgan fingerprint density at radius 3 is 2.30 bits per heavy atom. The molecule has 1 atom stereocenters.